The summed E-state index contributed by atoms with van der Waals surface area (Å²) >= 11 is 3.46. The summed E-state index contributed by atoms with van der Waals surface area (Å²) in [5.41, 5.74) is 1.85. The minimum atomic E-state index is 0.472. The van der Waals surface area contributed by atoms with Gasteiger partial charge >= 0.3 is 0 Å². The van der Waals surface area contributed by atoms with Crippen molar-refractivity contribution in [2.75, 3.05) is 0 Å². The second kappa shape index (κ2) is 3.56. The number of hydrogen-bond donors (Lipinski definition) is 1. The van der Waals surface area contributed by atoms with Crippen molar-refractivity contribution in [2.45, 2.75) is 37.3 Å². The Bertz CT molecular complexity index is 580. The topological polar surface area (TPSA) is 38.1 Å². The molecule has 2 aliphatic heterocycles. The first-order valence-electron chi connectivity index (χ1n) is 6.11. The summed E-state index contributed by atoms with van der Waals surface area (Å²) < 4.78 is 6.94. The molecule has 2 saturated heterocycles. The molecule has 1 aromatic heterocycles. The van der Waals surface area contributed by atoms with Gasteiger partial charge in [-0.05, 0) is 37.5 Å². The van der Waals surface area contributed by atoms with Crippen LogP contribution in [0.15, 0.2) is 27.1 Å². The highest BCUT2D eigenvalue weighted by Crippen LogP contribution is 2.40. The van der Waals surface area contributed by atoms with E-state index in [1.807, 2.05) is 18.2 Å². The van der Waals surface area contributed by atoms with Crippen LogP contribution in [0, 0.1) is 0 Å². The molecule has 0 amide bonds. The molecule has 2 aliphatic rings. The first kappa shape index (κ1) is 10.1. The molecule has 0 saturated carbocycles. The summed E-state index contributed by atoms with van der Waals surface area (Å²) in [6.45, 7) is 0. The van der Waals surface area contributed by atoms with Gasteiger partial charge < -0.3 is 9.73 Å². The molecule has 3 nitrogen and oxygen atoms in total. The van der Waals surface area contributed by atoms with Crippen LogP contribution in [-0.4, -0.2) is 17.1 Å². The number of hydrogen-bond acceptors (Lipinski definition) is 3. The molecule has 3 unspecified atom stereocenters. The van der Waals surface area contributed by atoms with Crippen molar-refractivity contribution in [3.05, 3.63) is 28.6 Å². The smallest absolute Gasteiger partial charge is 0.200 e. The predicted octanol–water partition coefficient (Wildman–Crippen LogP) is 3.20. The summed E-state index contributed by atoms with van der Waals surface area (Å²) in [7, 11) is 0. The first-order chi connectivity index (χ1) is 8.29. The molecule has 0 spiro atoms. The van der Waals surface area contributed by atoms with E-state index in [1.165, 1.54) is 19.3 Å². The second-order valence-corrected chi connectivity index (χ2v) is 5.97. The Morgan fingerprint density at radius 3 is 3.06 bits per heavy atom. The highest BCUT2D eigenvalue weighted by molar-refractivity contribution is 9.10. The maximum absolute atomic E-state index is 5.89. The molecule has 0 radical (unpaired) electrons. The Kier molecular flexibility index (Phi) is 2.11. The Labute approximate surface area is 108 Å². The summed E-state index contributed by atoms with van der Waals surface area (Å²) in [4.78, 5) is 4.64. The fraction of sp³-hybridized carbons (Fsp3) is 0.462. The van der Waals surface area contributed by atoms with Crippen LogP contribution in [0.25, 0.3) is 11.1 Å². The minimum absolute atomic E-state index is 0.472. The summed E-state index contributed by atoms with van der Waals surface area (Å²) in [6, 6.07) is 7.26. The number of oxazole rings is 1. The van der Waals surface area contributed by atoms with Crippen molar-refractivity contribution in [3.8, 4) is 0 Å². The number of fused-ring (bicyclic) bond motifs is 3. The standard InChI is InChI=1S/C13H13BrN2O/c14-7-1-4-12-11(5-7)16-13(17-12)9-6-8-2-3-10(9)15-8/h1,4-5,8-10,15H,2-3,6H2. The lowest BCUT2D eigenvalue weighted by Gasteiger charge is -2.15. The molecule has 3 heterocycles. The number of aromatic nitrogens is 1. The molecule has 1 N–H and O–H groups in total. The van der Waals surface area contributed by atoms with Gasteiger partial charge in [0.05, 0.1) is 5.92 Å². The normalized spacial score (nSPS) is 31.5. The molecular weight excluding hydrogens is 280 g/mol. The lowest BCUT2D eigenvalue weighted by molar-refractivity contribution is 0.408. The van der Waals surface area contributed by atoms with E-state index < -0.39 is 0 Å². The van der Waals surface area contributed by atoms with Crippen LogP contribution in [0.3, 0.4) is 0 Å². The summed E-state index contributed by atoms with van der Waals surface area (Å²) in [5, 5.41) is 3.62. The van der Waals surface area contributed by atoms with E-state index in [2.05, 4.69) is 26.2 Å². The largest absolute Gasteiger partial charge is 0.440 e. The molecule has 0 aliphatic carbocycles. The molecule has 3 atom stereocenters. The maximum atomic E-state index is 5.89. The van der Waals surface area contributed by atoms with Crippen molar-refractivity contribution < 1.29 is 4.42 Å². The molecular formula is C13H13BrN2O. The van der Waals surface area contributed by atoms with Crippen molar-refractivity contribution >= 4 is 27.0 Å². The van der Waals surface area contributed by atoms with Crippen LogP contribution in [-0.2, 0) is 0 Å². The molecule has 4 rings (SSSR count). The molecule has 2 aromatic rings. The average molecular weight is 293 g/mol. The number of rotatable bonds is 1. The molecule has 4 heteroatoms. The van der Waals surface area contributed by atoms with E-state index in [-0.39, 0.29) is 0 Å². The third-order valence-corrected chi connectivity index (χ3v) is 4.48. The number of halogens is 1. The van der Waals surface area contributed by atoms with E-state index in [9.17, 15) is 0 Å². The van der Waals surface area contributed by atoms with Crippen LogP contribution in [0.5, 0.6) is 0 Å². The monoisotopic (exact) mass is 292 g/mol. The Morgan fingerprint density at radius 2 is 2.29 bits per heavy atom. The zero-order valence-electron chi connectivity index (χ0n) is 9.32. The zero-order valence-corrected chi connectivity index (χ0v) is 10.9. The van der Waals surface area contributed by atoms with Gasteiger partial charge in [-0.1, -0.05) is 15.9 Å². The van der Waals surface area contributed by atoms with Crippen molar-refractivity contribution in [1.29, 1.82) is 0 Å². The Hall–Kier alpha value is -0.870. The van der Waals surface area contributed by atoms with Crippen molar-refractivity contribution in [2.24, 2.45) is 0 Å². The van der Waals surface area contributed by atoms with Gasteiger partial charge in [-0.2, -0.15) is 0 Å². The minimum Gasteiger partial charge on any atom is -0.440 e. The quantitative estimate of drug-likeness (QED) is 0.877. The van der Waals surface area contributed by atoms with Crippen molar-refractivity contribution in [1.82, 2.24) is 10.3 Å². The Balaban J connectivity index is 1.76. The molecule has 88 valence electrons. The van der Waals surface area contributed by atoms with E-state index in [1.54, 1.807) is 0 Å². The van der Waals surface area contributed by atoms with Crippen LogP contribution in [0.1, 0.15) is 31.1 Å². The third kappa shape index (κ3) is 1.54. The van der Waals surface area contributed by atoms with E-state index in [0.717, 1.165) is 21.5 Å². The summed E-state index contributed by atoms with van der Waals surface area (Å²) in [5.74, 6) is 1.39. The lowest BCUT2D eigenvalue weighted by Crippen LogP contribution is -2.21. The van der Waals surface area contributed by atoms with Gasteiger partial charge in [-0.3, -0.25) is 0 Å². The molecule has 1 aromatic carbocycles. The van der Waals surface area contributed by atoms with Crippen LogP contribution in [0.4, 0.5) is 0 Å². The summed E-state index contributed by atoms with van der Waals surface area (Å²) in [6.07, 6.45) is 3.75. The molecule has 2 fully saturated rings. The first-order valence-corrected chi connectivity index (χ1v) is 6.91. The fourth-order valence-corrected chi connectivity index (χ4v) is 3.52. The van der Waals surface area contributed by atoms with Crippen LogP contribution >= 0.6 is 15.9 Å². The maximum Gasteiger partial charge on any atom is 0.200 e. The highest BCUT2D eigenvalue weighted by Gasteiger charge is 2.42. The molecule has 17 heavy (non-hydrogen) atoms. The third-order valence-electron chi connectivity index (χ3n) is 3.98. The predicted molar refractivity (Wildman–Crippen MR) is 69.0 cm³/mol. The second-order valence-electron chi connectivity index (χ2n) is 5.05. The Morgan fingerprint density at radius 1 is 1.35 bits per heavy atom. The lowest BCUT2D eigenvalue weighted by atomic mass is 9.89. The number of nitrogens with zero attached hydrogens (tertiary/aromatic N) is 1. The number of nitrogens with one attached hydrogen (secondary N) is 1. The average Bonchev–Trinajstić information content (AvgIpc) is 3.01. The van der Waals surface area contributed by atoms with Gasteiger partial charge in [0.1, 0.15) is 5.52 Å². The molecule has 2 bridgehead atoms. The van der Waals surface area contributed by atoms with E-state index >= 15 is 0 Å². The van der Waals surface area contributed by atoms with E-state index in [4.69, 9.17) is 4.42 Å². The van der Waals surface area contributed by atoms with Gasteiger partial charge in [0.25, 0.3) is 0 Å². The SMILES string of the molecule is Brc1ccc2oc(C3CC4CCC3N4)nc2c1. The highest BCUT2D eigenvalue weighted by atomic mass is 79.9. The number of benzene rings is 1. The van der Waals surface area contributed by atoms with Crippen molar-refractivity contribution in [3.63, 3.8) is 0 Å². The van der Waals surface area contributed by atoms with Crippen LogP contribution in [0.2, 0.25) is 0 Å². The fourth-order valence-electron chi connectivity index (χ4n) is 3.17. The van der Waals surface area contributed by atoms with Gasteiger partial charge in [-0.15, -0.1) is 0 Å². The zero-order chi connectivity index (χ0) is 11.4. The van der Waals surface area contributed by atoms with Gasteiger partial charge in [-0.25, -0.2) is 4.98 Å². The van der Waals surface area contributed by atoms with E-state index in [0.29, 0.717) is 18.0 Å². The van der Waals surface area contributed by atoms with Gasteiger partial charge in [0.2, 0.25) is 0 Å². The van der Waals surface area contributed by atoms with Gasteiger partial charge in [0.15, 0.2) is 11.5 Å². The van der Waals surface area contributed by atoms with Crippen LogP contribution < -0.4 is 5.32 Å². The van der Waals surface area contributed by atoms with Gasteiger partial charge in [0, 0.05) is 16.6 Å².